The van der Waals surface area contributed by atoms with Gasteiger partial charge >= 0.3 is 0 Å². The van der Waals surface area contributed by atoms with Gasteiger partial charge in [-0.2, -0.15) is 0 Å². The topological polar surface area (TPSA) is 6.48 Å². The number of rotatable bonds is 8. The molecule has 1 saturated carbocycles. The highest BCUT2D eigenvalue weighted by Crippen LogP contribution is 2.43. The van der Waals surface area contributed by atoms with Crippen molar-refractivity contribution in [1.29, 1.82) is 0 Å². The summed E-state index contributed by atoms with van der Waals surface area (Å²) in [6.07, 6.45) is 11.6. The molecule has 30 heavy (non-hydrogen) atoms. The molecular weight excluding hydrogens is 364 g/mol. The third-order valence-corrected chi connectivity index (χ3v) is 7.74. The van der Waals surface area contributed by atoms with Crippen LogP contribution in [0.25, 0.3) is 0 Å². The van der Waals surface area contributed by atoms with Crippen molar-refractivity contribution >= 4 is 0 Å². The number of nitrogens with zero attached hydrogens (tertiary/aromatic N) is 2. The van der Waals surface area contributed by atoms with Gasteiger partial charge in [-0.1, -0.05) is 72.8 Å². The highest BCUT2D eigenvalue weighted by molar-refractivity contribution is 5.17. The standard InChI is InChI=1S/C28H36N2/c1-3-7-23(8-4-1)13-18-30(21-24-9-5-2-6-10-24)28-14-16-29(17-15-28)22-27-20-25-11-12-26(27)19-25/h1-12,25-28H,13-22H2. The van der Waals surface area contributed by atoms with Crippen LogP contribution in [0.15, 0.2) is 72.8 Å². The summed E-state index contributed by atoms with van der Waals surface area (Å²) in [6.45, 7) is 6.12. The van der Waals surface area contributed by atoms with Gasteiger partial charge in [0.25, 0.3) is 0 Å². The summed E-state index contributed by atoms with van der Waals surface area (Å²) in [4.78, 5) is 5.54. The number of benzene rings is 2. The molecule has 3 atom stereocenters. The van der Waals surface area contributed by atoms with Crippen LogP contribution in [0.5, 0.6) is 0 Å². The average Bonchev–Trinajstić information content (AvgIpc) is 3.42. The van der Waals surface area contributed by atoms with Crippen LogP contribution in [0.2, 0.25) is 0 Å². The summed E-state index contributed by atoms with van der Waals surface area (Å²) in [7, 11) is 0. The molecule has 2 aromatic carbocycles. The van der Waals surface area contributed by atoms with Crippen LogP contribution in [0.1, 0.15) is 36.8 Å². The lowest BCUT2D eigenvalue weighted by molar-refractivity contribution is 0.0916. The van der Waals surface area contributed by atoms with Crippen molar-refractivity contribution in [1.82, 2.24) is 9.80 Å². The van der Waals surface area contributed by atoms with Crippen molar-refractivity contribution in [3.05, 3.63) is 83.9 Å². The average molecular weight is 401 g/mol. The number of hydrogen-bond donors (Lipinski definition) is 0. The molecule has 1 heterocycles. The van der Waals surface area contributed by atoms with E-state index in [1.54, 1.807) is 0 Å². The van der Waals surface area contributed by atoms with Crippen molar-refractivity contribution < 1.29 is 0 Å². The van der Waals surface area contributed by atoms with Gasteiger partial charge in [0.05, 0.1) is 0 Å². The fourth-order valence-corrected chi connectivity index (χ4v) is 6.03. The number of likely N-dealkylation sites (tertiary alicyclic amines) is 1. The zero-order valence-electron chi connectivity index (χ0n) is 18.2. The maximum absolute atomic E-state index is 2.77. The van der Waals surface area contributed by atoms with Crippen molar-refractivity contribution in [3.8, 4) is 0 Å². The molecule has 0 amide bonds. The molecule has 158 valence electrons. The number of piperidine rings is 1. The Morgan fingerprint density at radius 1 is 0.800 bits per heavy atom. The smallest absolute Gasteiger partial charge is 0.0236 e. The van der Waals surface area contributed by atoms with E-state index < -0.39 is 0 Å². The molecule has 2 nitrogen and oxygen atoms in total. The largest absolute Gasteiger partial charge is 0.303 e. The van der Waals surface area contributed by atoms with E-state index in [4.69, 9.17) is 0 Å². The second-order valence-electron chi connectivity index (χ2n) is 9.76. The first-order chi connectivity index (χ1) is 14.8. The molecular formula is C28H36N2. The minimum atomic E-state index is 0.713. The van der Waals surface area contributed by atoms with Crippen LogP contribution >= 0.6 is 0 Å². The number of hydrogen-bond acceptors (Lipinski definition) is 2. The quantitative estimate of drug-likeness (QED) is 0.547. The van der Waals surface area contributed by atoms with Crippen LogP contribution in [0, 0.1) is 17.8 Å². The second kappa shape index (κ2) is 9.49. The highest BCUT2D eigenvalue weighted by Gasteiger charge is 2.37. The minimum Gasteiger partial charge on any atom is -0.303 e. The van der Waals surface area contributed by atoms with Crippen molar-refractivity contribution in [3.63, 3.8) is 0 Å². The molecule has 2 bridgehead atoms. The van der Waals surface area contributed by atoms with Gasteiger partial charge in [-0.3, -0.25) is 4.90 Å². The first kappa shape index (κ1) is 20.0. The van der Waals surface area contributed by atoms with Gasteiger partial charge in [0, 0.05) is 25.7 Å². The molecule has 0 spiro atoms. The highest BCUT2D eigenvalue weighted by atomic mass is 15.2. The maximum atomic E-state index is 2.77. The van der Waals surface area contributed by atoms with E-state index in [0.29, 0.717) is 6.04 Å². The van der Waals surface area contributed by atoms with Gasteiger partial charge in [-0.25, -0.2) is 0 Å². The molecule has 0 N–H and O–H groups in total. The molecule has 3 unspecified atom stereocenters. The molecule has 1 aliphatic heterocycles. The molecule has 0 aromatic heterocycles. The Bertz CT molecular complexity index is 807. The van der Waals surface area contributed by atoms with E-state index in [9.17, 15) is 0 Å². The lowest BCUT2D eigenvalue weighted by atomic mass is 9.92. The molecule has 5 rings (SSSR count). The predicted octanol–water partition coefficient (Wildman–Crippen LogP) is 5.41. The Kier molecular flexibility index (Phi) is 6.34. The van der Waals surface area contributed by atoms with E-state index in [2.05, 4.69) is 82.6 Å². The molecule has 2 aliphatic carbocycles. The summed E-state index contributed by atoms with van der Waals surface area (Å²) < 4.78 is 0. The Morgan fingerprint density at radius 3 is 2.13 bits per heavy atom. The third-order valence-electron chi connectivity index (χ3n) is 7.74. The number of allylic oxidation sites excluding steroid dienone is 2. The molecule has 2 heteroatoms. The lowest BCUT2D eigenvalue weighted by Crippen LogP contribution is -2.46. The van der Waals surface area contributed by atoms with Crippen LogP contribution in [0.3, 0.4) is 0 Å². The summed E-state index contributed by atoms with van der Waals surface area (Å²) in [5, 5.41) is 0. The zero-order chi connectivity index (χ0) is 20.2. The van der Waals surface area contributed by atoms with Crippen LogP contribution in [0.4, 0.5) is 0 Å². The van der Waals surface area contributed by atoms with Crippen LogP contribution in [-0.4, -0.2) is 42.0 Å². The van der Waals surface area contributed by atoms with Crippen LogP contribution < -0.4 is 0 Å². The van der Waals surface area contributed by atoms with Gasteiger partial charge in [-0.15, -0.1) is 0 Å². The Hall–Kier alpha value is -1.90. The molecule has 2 aromatic rings. The van der Waals surface area contributed by atoms with Gasteiger partial charge in [0.2, 0.25) is 0 Å². The summed E-state index contributed by atoms with van der Waals surface area (Å²) in [5.41, 5.74) is 2.90. The summed E-state index contributed by atoms with van der Waals surface area (Å²) >= 11 is 0. The van der Waals surface area contributed by atoms with Crippen molar-refractivity contribution in [2.24, 2.45) is 17.8 Å². The van der Waals surface area contributed by atoms with E-state index in [1.807, 2.05) is 0 Å². The minimum absolute atomic E-state index is 0.713. The van der Waals surface area contributed by atoms with Gasteiger partial charge < -0.3 is 4.90 Å². The summed E-state index contributed by atoms with van der Waals surface area (Å²) in [6, 6.07) is 22.8. The van der Waals surface area contributed by atoms with Crippen molar-refractivity contribution in [2.75, 3.05) is 26.2 Å². The monoisotopic (exact) mass is 400 g/mol. The van der Waals surface area contributed by atoms with E-state index in [-0.39, 0.29) is 0 Å². The third kappa shape index (κ3) is 4.87. The summed E-state index contributed by atoms with van der Waals surface area (Å²) in [5.74, 6) is 2.71. The van der Waals surface area contributed by atoms with Crippen molar-refractivity contribution in [2.45, 2.75) is 44.7 Å². The normalized spacial score (nSPS) is 26.6. The maximum Gasteiger partial charge on any atom is 0.0236 e. The van der Waals surface area contributed by atoms with E-state index in [1.165, 1.54) is 56.4 Å². The Labute approximate surface area is 182 Å². The fourth-order valence-electron chi connectivity index (χ4n) is 6.03. The van der Waals surface area contributed by atoms with Crippen LogP contribution in [-0.2, 0) is 13.0 Å². The van der Waals surface area contributed by atoms with E-state index in [0.717, 1.165) is 37.3 Å². The van der Waals surface area contributed by atoms with Gasteiger partial charge in [0.1, 0.15) is 0 Å². The zero-order valence-corrected chi connectivity index (χ0v) is 18.2. The van der Waals surface area contributed by atoms with Gasteiger partial charge in [0.15, 0.2) is 0 Å². The second-order valence-corrected chi connectivity index (χ2v) is 9.76. The molecule has 1 saturated heterocycles. The Morgan fingerprint density at radius 2 is 1.50 bits per heavy atom. The fraction of sp³-hybridized carbons (Fsp3) is 0.500. The predicted molar refractivity (Wildman–Crippen MR) is 125 cm³/mol. The first-order valence-corrected chi connectivity index (χ1v) is 12.1. The molecule has 0 radical (unpaired) electrons. The molecule has 2 fully saturated rings. The van der Waals surface area contributed by atoms with E-state index >= 15 is 0 Å². The first-order valence-electron chi connectivity index (χ1n) is 12.1. The SMILES string of the molecule is C1=CC2CC1CC2CN1CCC(N(CCc2ccccc2)Cc2ccccc2)CC1. The Balaban J connectivity index is 1.18. The number of fused-ring (bicyclic) bond motifs is 2. The lowest BCUT2D eigenvalue weighted by Gasteiger charge is -2.40. The molecule has 3 aliphatic rings. The van der Waals surface area contributed by atoms with Gasteiger partial charge in [-0.05, 0) is 74.1 Å².